The summed E-state index contributed by atoms with van der Waals surface area (Å²) in [5.41, 5.74) is 0.677. The van der Waals surface area contributed by atoms with Crippen molar-refractivity contribution in [3.63, 3.8) is 0 Å². The third-order valence-electron chi connectivity index (χ3n) is 3.65. The second kappa shape index (κ2) is 9.79. The molecule has 146 valence electrons. The molecule has 2 aromatic rings. The molecule has 2 amide bonds. The van der Waals surface area contributed by atoms with Crippen LogP contribution in [0.2, 0.25) is 0 Å². The van der Waals surface area contributed by atoms with Gasteiger partial charge in [-0.05, 0) is 49.0 Å². The molecule has 0 aliphatic heterocycles. The molecule has 9 heteroatoms. The smallest absolute Gasteiger partial charge is 0.315 e. The third kappa shape index (κ3) is 6.46. The molecule has 0 aliphatic carbocycles. The summed E-state index contributed by atoms with van der Waals surface area (Å²) in [7, 11) is -0.570. The zero-order valence-corrected chi connectivity index (χ0v) is 16.0. The van der Waals surface area contributed by atoms with E-state index in [2.05, 4.69) is 15.4 Å². The normalized spacial score (nSPS) is 10.9. The highest BCUT2D eigenvalue weighted by Crippen LogP contribution is 2.16. The fourth-order valence-corrected chi connectivity index (χ4v) is 2.99. The molecule has 0 atom stereocenters. The number of ether oxygens (including phenoxy) is 2. The van der Waals surface area contributed by atoms with Gasteiger partial charge in [0.1, 0.15) is 18.1 Å². The van der Waals surface area contributed by atoms with Crippen molar-refractivity contribution in [2.75, 3.05) is 27.3 Å². The van der Waals surface area contributed by atoms with Gasteiger partial charge in [0.15, 0.2) is 0 Å². The van der Waals surface area contributed by atoms with Crippen molar-refractivity contribution < 1.29 is 22.7 Å². The predicted molar refractivity (Wildman–Crippen MR) is 101 cm³/mol. The van der Waals surface area contributed by atoms with Crippen molar-refractivity contribution in [2.24, 2.45) is 0 Å². The van der Waals surface area contributed by atoms with Gasteiger partial charge in [0, 0.05) is 6.54 Å². The van der Waals surface area contributed by atoms with Crippen LogP contribution < -0.4 is 24.8 Å². The number of methoxy groups -OCH3 is 1. The van der Waals surface area contributed by atoms with Crippen molar-refractivity contribution in [1.82, 2.24) is 15.4 Å². The molecule has 0 saturated carbocycles. The van der Waals surface area contributed by atoms with Crippen molar-refractivity contribution in [2.45, 2.75) is 11.4 Å². The van der Waals surface area contributed by atoms with Crippen LogP contribution in [0, 0.1) is 0 Å². The van der Waals surface area contributed by atoms with Gasteiger partial charge in [-0.1, -0.05) is 12.1 Å². The highest BCUT2D eigenvalue weighted by molar-refractivity contribution is 7.89. The largest absolute Gasteiger partial charge is 0.497 e. The molecule has 0 fully saturated rings. The number of urea groups is 1. The van der Waals surface area contributed by atoms with Crippen LogP contribution in [0.5, 0.6) is 11.5 Å². The molecule has 8 nitrogen and oxygen atoms in total. The lowest BCUT2D eigenvalue weighted by Gasteiger charge is -2.10. The molecule has 0 saturated heterocycles. The van der Waals surface area contributed by atoms with Gasteiger partial charge >= 0.3 is 6.03 Å². The van der Waals surface area contributed by atoms with E-state index in [-0.39, 0.29) is 17.5 Å². The van der Waals surface area contributed by atoms with E-state index in [9.17, 15) is 13.2 Å². The standard InChI is InChI=1S/C18H23N3O5S/c1-19-27(23,24)17-5-3-4-14(12-17)13-21-18(22)20-10-11-26-16-8-6-15(25-2)7-9-16/h3-9,12,19H,10-11,13H2,1-2H3,(H2,20,21,22). The average molecular weight is 393 g/mol. The minimum absolute atomic E-state index is 0.151. The maximum atomic E-state index is 11.8. The first-order valence-electron chi connectivity index (χ1n) is 8.25. The maximum Gasteiger partial charge on any atom is 0.315 e. The van der Waals surface area contributed by atoms with Crippen LogP contribution in [0.3, 0.4) is 0 Å². The van der Waals surface area contributed by atoms with Crippen molar-refractivity contribution >= 4 is 16.1 Å². The van der Waals surface area contributed by atoms with Crippen molar-refractivity contribution in [1.29, 1.82) is 0 Å². The van der Waals surface area contributed by atoms with Crippen LogP contribution in [0.15, 0.2) is 53.4 Å². The minimum Gasteiger partial charge on any atom is -0.497 e. The number of carbonyl (C=O) groups excluding carboxylic acids is 1. The zero-order chi connectivity index (χ0) is 19.7. The molecule has 2 aromatic carbocycles. The SMILES string of the molecule is CNS(=O)(=O)c1cccc(CNC(=O)NCCOc2ccc(OC)cc2)c1. The molecule has 0 heterocycles. The summed E-state index contributed by atoms with van der Waals surface area (Å²) in [6.07, 6.45) is 0. The summed E-state index contributed by atoms with van der Waals surface area (Å²) < 4.78 is 36.4. The molecule has 27 heavy (non-hydrogen) atoms. The van der Waals surface area contributed by atoms with Gasteiger partial charge in [0.25, 0.3) is 0 Å². The van der Waals surface area contributed by atoms with Gasteiger partial charge in [0.05, 0.1) is 18.6 Å². The maximum absolute atomic E-state index is 11.8. The second-order valence-electron chi connectivity index (χ2n) is 5.49. The van der Waals surface area contributed by atoms with Crippen LogP contribution in [0.25, 0.3) is 0 Å². The predicted octanol–water partition coefficient (Wildman–Crippen LogP) is 1.48. The fourth-order valence-electron chi connectivity index (χ4n) is 2.19. The molecular formula is C18H23N3O5S. The lowest BCUT2D eigenvalue weighted by atomic mass is 10.2. The Balaban J connectivity index is 1.72. The number of benzene rings is 2. The number of hydrogen-bond acceptors (Lipinski definition) is 5. The Labute approximate surface area is 158 Å². The van der Waals surface area contributed by atoms with E-state index in [4.69, 9.17) is 9.47 Å². The molecule has 0 aromatic heterocycles. The average Bonchev–Trinajstić information content (AvgIpc) is 2.70. The van der Waals surface area contributed by atoms with Gasteiger partial charge in [-0.2, -0.15) is 0 Å². The number of sulfonamides is 1. The van der Waals surface area contributed by atoms with Gasteiger partial charge in [-0.25, -0.2) is 17.9 Å². The number of nitrogens with one attached hydrogen (secondary N) is 3. The second-order valence-corrected chi connectivity index (χ2v) is 7.37. The van der Waals surface area contributed by atoms with Crippen LogP contribution in [0.1, 0.15) is 5.56 Å². The first kappa shape index (κ1) is 20.5. The van der Waals surface area contributed by atoms with E-state index in [1.165, 1.54) is 19.2 Å². The molecular weight excluding hydrogens is 370 g/mol. The fraction of sp³-hybridized carbons (Fsp3) is 0.278. The van der Waals surface area contributed by atoms with E-state index < -0.39 is 10.0 Å². The number of carbonyl (C=O) groups is 1. The minimum atomic E-state index is -3.51. The summed E-state index contributed by atoms with van der Waals surface area (Å²) in [6, 6.07) is 13.1. The Morgan fingerprint density at radius 2 is 1.74 bits per heavy atom. The van der Waals surface area contributed by atoms with Crippen molar-refractivity contribution in [3.8, 4) is 11.5 Å². The summed E-state index contributed by atoms with van der Waals surface area (Å²) in [4.78, 5) is 12.0. The molecule has 0 bridgehead atoms. The van der Waals surface area contributed by atoms with Gasteiger partial charge in [-0.3, -0.25) is 0 Å². The summed E-state index contributed by atoms with van der Waals surface area (Å²) in [5, 5.41) is 5.34. The quantitative estimate of drug-likeness (QED) is 0.560. The van der Waals surface area contributed by atoms with Crippen LogP contribution in [-0.2, 0) is 16.6 Å². The van der Waals surface area contributed by atoms with E-state index in [1.54, 1.807) is 43.5 Å². The third-order valence-corrected chi connectivity index (χ3v) is 5.06. The zero-order valence-electron chi connectivity index (χ0n) is 15.2. The first-order chi connectivity index (χ1) is 12.9. The molecule has 0 spiro atoms. The van der Waals surface area contributed by atoms with Crippen LogP contribution >= 0.6 is 0 Å². The molecule has 2 rings (SSSR count). The lowest BCUT2D eigenvalue weighted by molar-refractivity contribution is 0.236. The Morgan fingerprint density at radius 1 is 1.04 bits per heavy atom. The Morgan fingerprint density at radius 3 is 2.41 bits per heavy atom. The Bertz CT molecular complexity index is 854. The summed E-state index contributed by atoms with van der Waals surface area (Å²) >= 11 is 0. The van der Waals surface area contributed by atoms with E-state index in [0.29, 0.717) is 24.5 Å². The molecule has 0 aliphatic rings. The van der Waals surface area contributed by atoms with Gasteiger partial charge in [0.2, 0.25) is 10.0 Å². The van der Waals surface area contributed by atoms with E-state index in [0.717, 1.165) is 5.75 Å². The van der Waals surface area contributed by atoms with Crippen LogP contribution in [0.4, 0.5) is 4.79 Å². The van der Waals surface area contributed by atoms with Gasteiger partial charge < -0.3 is 20.1 Å². The van der Waals surface area contributed by atoms with E-state index in [1.807, 2.05) is 0 Å². The molecule has 0 radical (unpaired) electrons. The number of amides is 2. The summed E-state index contributed by atoms with van der Waals surface area (Å²) in [6.45, 7) is 0.847. The van der Waals surface area contributed by atoms with Crippen LogP contribution in [-0.4, -0.2) is 41.8 Å². The van der Waals surface area contributed by atoms with E-state index >= 15 is 0 Å². The first-order valence-corrected chi connectivity index (χ1v) is 9.74. The van der Waals surface area contributed by atoms with Crippen molar-refractivity contribution in [3.05, 3.63) is 54.1 Å². The number of rotatable bonds is 9. The summed E-state index contributed by atoms with van der Waals surface area (Å²) in [5.74, 6) is 1.42. The Kier molecular flexibility index (Phi) is 7.44. The lowest BCUT2D eigenvalue weighted by Crippen LogP contribution is -2.37. The van der Waals surface area contributed by atoms with Gasteiger partial charge in [-0.15, -0.1) is 0 Å². The topological polar surface area (TPSA) is 106 Å². The monoisotopic (exact) mass is 393 g/mol. The highest BCUT2D eigenvalue weighted by atomic mass is 32.2. The molecule has 0 unspecified atom stereocenters. The number of hydrogen-bond donors (Lipinski definition) is 3. The highest BCUT2D eigenvalue weighted by Gasteiger charge is 2.11. The Hall–Kier alpha value is -2.78. The molecule has 3 N–H and O–H groups in total.